The van der Waals surface area contributed by atoms with Crippen molar-refractivity contribution in [3.63, 3.8) is 0 Å². The molecule has 4 nitrogen and oxygen atoms in total. The summed E-state index contributed by atoms with van der Waals surface area (Å²) >= 11 is 0. The number of fused-ring (bicyclic) bond motifs is 1. The molecule has 0 radical (unpaired) electrons. The Labute approximate surface area is 134 Å². The molecule has 0 unspecified atom stereocenters. The van der Waals surface area contributed by atoms with Crippen molar-refractivity contribution >= 4 is 28.2 Å². The van der Waals surface area contributed by atoms with E-state index in [1.54, 1.807) is 24.3 Å². The Morgan fingerprint density at radius 2 is 1.75 bits per heavy atom. The fourth-order valence-electron chi connectivity index (χ4n) is 2.37. The lowest BCUT2D eigenvalue weighted by Gasteiger charge is -2.13. The van der Waals surface area contributed by atoms with Crippen LogP contribution in [0.1, 0.15) is 15.9 Å². The molecule has 2 N–H and O–H groups in total. The van der Waals surface area contributed by atoms with Gasteiger partial charge in [-0.05, 0) is 36.4 Å². The van der Waals surface area contributed by atoms with Crippen LogP contribution >= 0.6 is 0 Å². The number of halogens is 3. The largest absolute Gasteiger partial charge is 0.478 e. The predicted molar refractivity (Wildman–Crippen MR) is 83.4 cm³/mol. The van der Waals surface area contributed by atoms with Gasteiger partial charge in [-0.3, -0.25) is 4.98 Å². The fourth-order valence-corrected chi connectivity index (χ4v) is 2.37. The second-order valence-corrected chi connectivity index (χ2v) is 5.07. The smallest absolute Gasteiger partial charge is 0.418 e. The van der Waals surface area contributed by atoms with Gasteiger partial charge in [-0.1, -0.05) is 12.1 Å². The third-order valence-electron chi connectivity index (χ3n) is 3.49. The van der Waals surface area contributed by atoms with Gasteiger partial charge in [0.2, 0.25) is 0 Å². The first-order valence-corrected chi connectivity index (χ1v) is 6.91. The van der Waals surface area contributed by atoms with Crippen LogP contribution < -0.4 is 5.32 Å². The van der Waals surface area contributed by atoms with Crippen molar-refractivity contribution in [2.24, 2.45) is 0 Å². The second kappa shape index (κ2) is 5.84. The van der Waals surface area contributed by atoms with Gasteiger partial charge in [0.05, 0.1) is 16.6 Å². The van der Waals surface area contributed by atoms with Crippen molar-refractivity contribution in [3.05, 3.63) is 65.9 Å². The van der Waals surface area contributed by atoms with Crippen molar-refractivity contribution in [3.8, 4) is 0 Å². The molecule has 0 bridgehead atoms. The van der Waals surface area contributed by atoms with Gasteiger partial charge in [0, 0.05) is 23.0 Å². The first-order chi connectivity index (χ1) is 11.4. The molecule has 0 saturated heterocycles. The van der Waals surface area contributed by atoms with E-state index >= 15 is 0 Å². The van der Waals surface area contributed by atoms with E-state index in [-0.39, 0.29) is 11.1 Å². The molecule has 3 aromatic rings. The maximum atomic E-state index is 13.1. The zero-order valence-corrected chi connectivity index (χ0v) is 12.1. The van der Waals surface area contributed by atoms with Gasteiger partial charge in [0.1, 0.15) is 0 Å². The Morgan fingerprint density at radius 3 is 2.38 bits per heavy atom. The monoisotopic (exact) mass is 332 g/mol. The number of pyridine rings is 1. The average Bonchev–Trinajstić information content (AvgIpc) is 2.54. The Hall–Kier alpha value is -3.09. The summed E-state index contributed by atoms with van der Waals surface area (Å²) in [4.78, 5) is 14.7. The van der Waals surface area contributed by atoms with Crippen LogP contribution in [-0.2, 0) is 6.18 Å². The van der Waals surface area contributed by atoms with E-state index in [0.29, 0.717) is 16.8 Å². The van der Waals surface area contributed by atoms with Crippen molar-refractivity contribution in [2.45, 2.75) is 6.18 Å². The zero-order valence-electron chi connectivity index (χ0n) is 12.1. The number of carboxylic acid groups (broad SMARTS) is 1. The highest BCUT2D eigenvalue weighted by molar-refractivity contribution is 5.95. The van der Waals surface area contributed by atoms with Crippen LogP contribution in [-0.4, -0.2) is 16.1 Å². The first kappa shape index (κ1) is 15.8. The van der Waals surface area contributed by atoms with Crippen LogP contribution in [0.15, 0.2) is 54.7 Å². The molecule has 1 heterocycles. The number of aromatic carboxylic acids is 1. The number of anilines is 2. The second-order valence-electron chi connectivity index (χ2n) is 5.07. The first-order valence-electron chi connectivity index (χ1n) is 6.91. The Bertz CT molecular complexity index is 906. The van der Waals surface area contributed by atoms with E-state index in [0.717, 1.165) is 6.07 Å². The van der Waals surface area contributed by atoms with Crippen LogP contribution in [0.25, 0.3) is 10.9 Å². The zero-order chi connectivity index (χ0) is 17.3. The van der Waals surface area contributed by atoms with E-state index in [1.807, 2.05) is 0 Å². The number of alkyl halides is 3. The quantitative estimate of drug-likeness (QED) is 0.730. The number of carbonyl (C=O) groups is 1. The van der Waals surface area contributed by atoms with Crippen molar-refractivity contribution in [1.82, 2.24) is 4.98 Å². The lowest BCUT2D eigenvalue weighted by molar-refractivity contribution is -0.136. The lowest BCUT2D eigenvalue weighted by Crippen LogP contribution is -2.07. The van der Waals surface area contributed by atoms with Gasteiger partial charge in [-0.2, -0.15) is 13.2 Å². The molecule has 0 aliphatic carbocycles. The van der Waals surface area contributed by atoms with Gasteiger partial charge in [0.25, 0.3) is 0 Å². The maximum absolute atomic E-state index is 13.1. The topological polar surface area (TPSA) is 62.2 Å². The molecule has 24 heavy (non-hydrogen) atoms. The van der Waals surface area contributed by atoms with E-state index < -0.39 is 17.7 Å². The molecule has 0 aliphatic heterocycles. The summed E-state index contributed by atoms with van der Waals surface area (Å²) in [6.07, 6.45) is -3.19. The van der Waals surface area contributed by atoms with Crippen LogP contribution in [0.2, 0.25) is 0 Å². The standard InChI is InChI=1S/C17H11F3N2O2/c18-17(19,20)13-3-1-2-12-14(8-9-21-15(12)13)22-11-6-4-10(5-7-11)16(23)24/h1-9H,(H,21,22)(H,23,24). The molecule has 3 rings (SSSR count). The number of nitrogens with zero attached hydrogens (tertiary/aromatic N) is 1. The minimum absolute atomic E-state index is 0.125. The van der Waals surface area contributed by atoms with Crippen molar-refractivity contribution in [1.29, 1.82) is 0 Å². The van der Waals surface area contributed by atoms with Gasteiger partial charge >= 0.3 is 12.1 Å². The fraction of sp³-hybridized carbons (Fsp3) is 0.0588. The SMILES string of the molecule is O=C(O)c1ccc(Nc2ccnc3c(C(F)(F)F)cccc23)cc1. The van der Waals surface area contributed by atoms with E-state index in [2.05, 4.69) is 10.3 Å². The summed E-state index contributed by atoms with van der Waals surface area (Å²) < 4.78 is 39.2. The number of hydrogen-bond acceptors (Lipinski definition) is 3. The number of para-hydroxylation sites is 1. The summed E-state index contributed by atoms with van der Waals surface area (Å²) in [5.41, 5.74) is 0.195. The van der Waals surface area contributed by atoms with Gasteiger partial charge < -0.3 is 10.4 Å². The van der Waals surface area contributed by atoms with Gasteiger partial charge in [-0.15, -0.1) is 0 Å². The van der Waals surface area contributed by atoms with Crippen molar-refractivity contribution in [2.75, 3.05) is 5.32 Å². The molecule has 1 aromatic heterocycles. The molecule has 0 aliphatic rings. The number of hydrogen-bond donors (Lipinski definition) is 2. The lowest BCUT2D eigenvalue weighted by atomic mass is 10.1. The van der Waals surface area contributed by atoms with Crippen LogP contribution in [0.3, 0.4) is 0 Å². The molecule has 2 aromatic carbocycles. The van der Waals surface area contributed by atoms with Crippen LogP contribution in [0.4, 0.5) is 24.5 Å². The molecule has 0 fully saturated rings. The van der Waals surface area contributed by atoms with Crippen molar-refractivity contribution < 1.29 is 23.1 Å². The maximum Gasteiger partial charge on any atom is 0.418 e. The summed E-state index contributed by atoms with van der Waals surface area (Å²) in [6.45, 7) is 0. The highest BCUT2D eigenvalue weighted by atomic mass is 19.4. The third-order valence-corrected chi connectivity index (χ3v) is 3.49. The molecular formula is C17H11F3N2O2. The molecule has 0 atom stereocenters. The average molecular weight is 332 g/mol. The van der Waals surface area contributed by atoms with Gasteiger partial charge in [-0.25, -0.2) is 4.79 Å². The molecule has 122 valence electrons. The molecule has 7 heteroatoms. The van der Waals surface area contributed by atoms with E-state index in [1.165, 1.54) is 24.4 Å². The Morgan fingerprint density at radius 1 is 1.04 bits per heavy atom. The Balaban J connectivity index is 2.03. The highest BCUT2D eigenvalue weighted by Crippen LogP contribution is 2.36. The molecular weight excluding hydrogens is 321 g/mol. The summed E-state index contributed by atoms with van der Waals surface area (Å²) in [6, 6.07) is 11.3. The highest BCUT2D eigenvalue weighted by Gasteiger charge is 2.33. The normalized spacial score (nSPS) is 11.5. The van der Waals surface area contributed by atoms with E-state index in [9.17, 15) is 18.0 Å². The number of benzene rings is 2. The van der Waals surface area contributed by atoms with Crippen LogP contribution in [0.5, 0.6) is 0 Å². The molecule has 0 spiro atoms. The summed E-state index contributed by atoms with van der Waals surface area (Å²) in [5, 5.41) is 12.2. The number of carboxylic acids is 1. The van der Waals surface area contributed by atoms with Crippen LogP contribution in [0, 0.1) is 0 Å². The summed E-state index contributed by atoms with van der Waals surface area (Å²) in [5.74, 6) is -1.05. The minimum Gasteiger partial charge on any atom is -0.478 e. The number of nitrogens with one attached hydrogen (secondary N) is 1. The molecule has 0 amide bonds. The molecule has 0 saturated carbocycles. The number of rotatable bonds is 3. The third kappa shape index (κ3) is 3.01. The summed E-state index contributed by atoms with van der Waals surface area (Å²) in [7, 11) is 0. The van der Waals surface area contributed by atoms with Gasteiger partial charge in [0.15, 0.2) is 0 Å². The van der Waals surface area contributed by atoms with E-state index in [4.69, 9.17) is 5.11 Å². The predicted octanol–water partition coefficient (Wildman–Crippen LogP) is 4.70. The Kier molecular flexibility index (Phi) is 3.84. The minimum atomic E-state index is -4.49. The number of aromatic nitrogens is 1.